The maximum absolute atomic E-state index is 12.9. The number of aromatic nitrogens is 2. The summed E-state index contributed by atoms with van der Waals surface area (Å²) < 4.78 is 40.3. The maximum atomic E-state index is 12.9. The van der Waals surface area contributed by atoms with Gasteiger partial charge < -0.3 is 10.2 Å². The predicted octanol–water partition coefficient (Wildman–Crippen LogP) is 2.73. The number of nitrogens with zero attached hydrogens (tertiary/aromatic N) is 3. The van der Waals surface area contributed by atoms with Crippen LogP contribution >= 0.6 is 0 Å². The highest BCUT2D eigenvalue weighted by molar-refractivity contribution is 5.79. The van der Waals surface area contributed by atoms with Crippen molar-refractivity contribution < 1.29 is 18.0 Å². The summed E-state index contributed by atoms with van der Waals surface area (Å²) in [6.45, 7) is 4.78. The lowest BCUT2D eigenvalue weighted by Crippen LogP contribution is -2.34. The molecule has 0 bridgehead atoms. The fraction of sp³-hybridized carbons (Fsp3) is 0.444. The Morgan fingerprint density at radius 2 is 2.00 bits per heavy atom. The number of alkyl halides is 3. The number of amides is 1. The first-order chi connectivity index (χ1) is 12.1. The van der Waals surface area contributed by atoms with Crippen molar-refractivity contribution in [3.05, 3.63) is 46.8 Å². The molecule has 0 aliphatic carbocycles. The minimum atomic E-state index is -4.42. The first-order valence-corrected chi connectivity index (χ1v) is 8.26. The fourth-order valence-corrected chi connectivity index (χ4v) is 2.69. The molecule has 0 aliphatic rings. The highest BCUT2D eigenvalue weighted by atomic mass is 19.4. The van der Waals surface area contributed by atoms with Crippen molar-refractivity contribution in [2.24, 2.45) is 0 Å². The molecule has 0 atom stereocenters. The van der Waals surface area contributed by atoms with Crippen molar-refractivity contribution in [2.45, 2.75) is 26.4 Å². The predicted molar refractivity (Wildman–Crippen MR) is 93.3 cm³/mol. The van der Waals surface area contributed by atoms with Crippen LogP contribution in [0.3, 0.4) is 0 Å². The number of nitrogens with one attached hydrogen (secondary N) is 1. The molecule has 1 N–H and O–H groups in total. The summed E-state index contributed by atoms with van der Waals surface area (Å²) in [6.07, 6.45) is -4.25. The average molecular weight is 368 g/mol. The maximum Gasteiger partial charge on any atom is 0.416 e. The van der Waals surface area contributed by atoms with Gasteiger partial charge in [-0.1, -0.05) is 6.07 Å². The van der Waals surface area contributed by atoms with Crippen LogP contribution in [0.25, 0.3) is 5.69 Å². The van der Waals surface area contributed by atoms with E-state index in [4.69, 9.17) is 0 Å². The third kappa shape index (κ3) is 4.43. The molecule has 0 spiro atoms. The Balaban J connectivity index is 2.29. The van der Waals surface area contributed by atoms with Gasteiger partial charge in [-0.05, 0) is 39.1 Å². The number of aryl methyl sites for hydroxylation is 1. The molecule has 0 saturated carbocycles. The van der Waals surface area contributed by atoms with Crippen molar-refractivity contribution >= 4 is 5.91 Å². The second-order valence-electron chi connectivity index (χ2n) is 6.20. The van der Waals surface area contributed by atoms with Crippen LogP contribution in [-0.2, 0) is 17.4 Å². The molecule has 0 fully saturated rings. The lowest BCUT2D eigenvalue weighted by atomic mass is 10.1. The zero-order chi connectivity index (χ0) is 19.5. The monoisotopic (exact) mass is 368 g/mol. The summed E-state index contributed by atoms with van der Waals surface area (Å²) in [5.74, 6) is -0.0601. The number of halogens is 3. The lowest BCUT2D eigenvalue weighted by Gasteiger charge is -2.17. The van der Waals surface area contributed by atoms with E-state index in [1.807, 2.05) is 7.05 Å². The lowest BCUT2D eigenvalue weighted by molar-refractivity contribution is -0.137. The molecule has 0 unspecified atom stereocenters. The average Bonchev–Trinajstić information content (AvgIpc) is 2.87. The molecule has 142 valence electrons. The molecule has 1 aromatic carbocycles. The van der Waals surface area contributed by atoms with Crippen LogP contribution < -0.4 is 5.32 Å². The molecule has 0 radical (unpaired) electrons. The Morgan fingerprint density at radius 3 is 2.62 bits per heavy atom. The largest absolute Gasteiger partial charge is 0.416 e. The van der Waals surface area contributed by atoms with Gasteiger partial charge in [-0.15, -0.1) is 0 Å². The molecule has 1 aromatic heterocycles. The van der Waals surface area contributed by atoms with Crippen molar-refractivity contribution in [1.82, 2.24) is 20.0 Å². The number of carbonyl (C=O) groups is 1. The Hall–Kier alpha value is -2.35. The van der Waals surface area contributed by atoms with E-state index in [2.05, 4.69) is 10.4 Å². The van der Waals surface area contributed by atoms with Crippen molar-refractivity contribution in [1.29, 1.82) is 0 Å². The quantitative estimate of drug-likeness (QED) is 0.853. The van der Waals surface area contributed by atoms with E-state index in [-0.39, 0.29) is 12.3 Å². The third-order valence-corrected chi connectivity index (χ3v) is 4.31. The van der Waals surface area contributed by atoms with Gasteiger partial charge in [0.1, 0.15) is 0 Å². The number of benzene rings is 1. The zero-order valence-corrected chi connectivity index (χ0v) is 15.3. The Labute approximate surface area is 150 Å². The van der Waals surface area contributed by atoms with Crippen molar-refractivity contribution in [3.63, 3.8) is 0 Å². The van der Waals surface area contributed by atoms with Crippen LogP contribution in [0.4, 0.5) is 13.2 Å². The highest BCUT2D eigenvalue weighted by Gasteiger charge is 2.30. The van der Waals surface area contributed by atoms with Gasteiger partial charge in [0, 0.05) is 31.4 Å². The summed E-state index contributed by atoms with van der Waals surface area (Å²) in [4.78, 5) is 14.0. The summed E-state index contributed by atoms with van der Waals surface area (Å²) >= 11 is 0. The molecular formula is C18H23F3N4O. The molecule has 0 aliphatic heterocycles. The van der Waals surface area contributed by atoms with Crippen LogP contribution in [0.5, 0.6) is 0 Å². The van der Waals surface area contributed by atoms with Gasteiger partial charge in [-0.25, -0.2) is 4.68 Å². The van der Waals surface area contributed by atoms with E-state index in [9.17, 15) is 18.0 Å². The molecule has 0 saturated heterocycles. The second kappa shape index (κ2) is 7.90. The van der Waals surface area contributed by atoms with Crippen LogP contribution in [0.1, 0.15) is 22.5 Å². The van der Waals surface area contributed by atoms with Gasteiger partial charge in [-0.3, -0.25) is 4.79 Å². The molecule has 2 aromatic rings. The second-order valence-corrected chi connectivity index (χ2v) is 6.20. The normalized spacial score (nSPS) is 11.7. The van der Waals surface area contributed by atoms with Crippen LogP contribution in [-0.4, -0.2) is 47.8 Å². The van der Waals surface area contributed by atoms with E-state index >= 15 is 0 Å². The SMILES string of the molecule is CNCCN(C)C(=O)Cc1c(C)nn(-c2cccc(C(F)(F)F)c2)c1C. The zero-order valence-electron chi connectivity index (χ0n) is 15.3. The topological polar surface area (TPSA) is 50.2 Å². The van der Waals surface area contributed by atoms with Gasteiger partial charge in [0.2, 0.25) is 5.91 Å². The summed E-state index contributed by atoms with van der Waals surface area (Å²) in [6, 6.07) is 5.00. The Morgan fingerprint density at radius 1 is 1.31 bits per heavy atom. The van der Waals surface area contributed by atoms with E-state index in [0.29, 0.717) is 30.2 Å². The Kier molecular flexibility index (Phi) is 6.07. The van der Waals surface area contributed by atoms with Gasteiger partial charge in [-0.2, -0.15) is 18.3 Å². The number of hydrogen-bond acceptors (Lipinski definition) is 3. The standard InChI is InChI=1S/C18H23F3N4O/c1-12-16(11-17(26)24(4)9-8-22-3)13(2)25(23-12)15-7-5-6-14(10-15)18(19,20)21/h5-7,10,22H,8-9,11H2,1-4H3. The molecule has 1 amide bonds. The highest BCUT2D eigenvalue weighted by Crippen LogP contribution is 2.30. The molecular weight excluding hydrogens is 345 g/mol. The molecule has 2 rings (SSSR count). The van der Waals surface area contributed by atoms with Crippen LogP contribution in [0.2, 0.25) is 0 Å². The summed E-state index contributed by atoms with van der Waals surface area (Å²) in [7, 11) is 3.53. The van der Waals surface area contributed by atoms with Gasteiger partial charge >= 0.3 is 6.18 Å². The van der Waals surface area contributed by atoms with E-state index in [1.165, 1.54) is 10.7 Å². The van der Waals surface area contributed by atoms with Crippen molar-refractivity contribution in [2.75, 3.05) is 27.2 Å². The molecule has 1 heterocycles. The number of hydrogen-bond donors (Lipinski definition) is 1. The first-order valence-electron chi connectivity index (χ1n) is 8.26. The van der Waals surface area contributed by atoms with Gasteiger partial charge in [0.05, 0.1) is 23.4 Å². The summed E-state index contributed by atoms with van der Waals surface area (Å²) in [5, 5.41) is 7.33. The number of carbonyl (C=O) groups excluding carboxylic acids is 1. The van der Waals surface area contributed by atoms with Crippen LogP contribution in [0.15, 0.2) is 24.3 Å². The fourth-order valence-electron chi connectivity index (χ4n) is 2.69. The smallest absolute Gasteiger partial charge is 0.344 e. The first kappa shape index (κ1) is 20.0. The van der Waals surface area contributed by atoms with E-state index < -0.39 is 11.7 Å². The van der Waals surface area contributed by atoms with E-state index in [1.54, 1.807) is 31.9 Å². The number of rotatable bonds is 6. The number of likely N-dealkylation sites (N-methyl/N-ethyl adjacent to an activating group) is 2. The third-order valence-electron chi connectivity index (χ3n) is 4.31. The Bertz CT molecular complexity index is 783. The summed E-state index contributed by atoms with van der Waals surface area (Å²) in [5.41, 5.74) is 1.63. The van der Waals surface area contributed by atoms with Gasteiger partial charge in [0.25, 0.3) is 0 Å². The molecule has 5 nitrogen and oxygen atoms in total. The van der Waals surface area contributed by atoms with E-state index in [0.717, 1.165) is 17.7 Å². The minimum absolute atomic E-state index is 0.0601. The van der Waals surface area contributed by atoms with Crippen molar-refractivity contribution in [3.8, 4) is 5.69 Å². The minimum Gasteiger partial charge on any atom is -0.344 e. The van der Waals surface area contributed by atoms with Gasteiger partial charge in [0.15, 0.2) is 0 Å². The molecule has 26 heavy (non-hydrogen) atoms. The van der Waals surface area contributed by atoms with Crippen LogP contribution in [0, 0.1) is 13.8 Å². The molecule has 8 heteroatoms.